The molecule has 1 aromatic rings. The molecular weight excluding hydrogens is 390 g/mol. The normalized spacial score (nSPS) is 20.2. The molecule has 7 nitrogen and oxygen atoms in total. The number of nitrogens with one attached hydrogen (secondary N) is 2. The van der Waals surface area contributed by atoms with Gasteiger partial charge in [0.15, 0.2) is 0 Å². The first kappa shape index (κ1) is 20.6. The summed E-state index contributed by atoms with van der Waals surface area (Å²) in [6.07, 6.45) is 6.63. The molecule has 3 aliphatic rings. The Kier molecular flexibility index (Phi) is 6.13. The summed E-state index contributed by atoms with van der Waals surface area (Å²) in [7, 11) is -3.73. The average Bonchev–Trinajstić information content (AvgIpc) is 3.35. The fourth-order valence-electron chi connectivity index (χ4n) is 4.68. The van der Waals surface area contributed by atoms with Crippen LogP contribution in [0, 0.1) is 0 Å². The number of anilines is 1. The number of sulfonamides is 1. The maximum atomic E-state index is 12.7. The first-order valence-electron chi connectivity index (χ1n) is 10.7. The molecule has 1 aromatic carbocycles. The largest absolute Gasteiger partial charge is 0.379 e. The van der Waals surface area contributed by atoms with Crippen LogP contribution in [0.2, 0.25) is 0 Å². The standard InChI is InChI=1S/C21H31N3O4S/c1-15(8-9-24-10-12-28-13-11-24)29(26,27)23-21(25)22-20-18-6-2-4-16(18)14-17-5-3-7-19(17)20/h14-15H,2-13H2,1H3,(H2,22,23,25). The molecule has 0 saturated carbocycles. The fraction of sp³-hybridized carbons (Fsp3) is 0.667. The molecule has 29 heavy (non-hydrogen) atoms. The summed E-state index contributed by atoms with van der Waals surface area (Å²) in [4.78, 5) is 14.8. The van der Waals surface area contributed by atoms with E-state index in [9.17, 15) is 13.2 Å². The zero-order valence-corrected chi connectivity index (χ0v) is 17.9. The van der Waals surface area contributed by atoms with Crippen molar-refractivity contribution >= 4 is 21.7 Å². The summed E-state index contributed by atoms with van der Waals surface area (Å²) in [5.74, 6) is 0. The topological polar surface area (TPSA) is 87.7 Å². The van der Waals surface area contributed by atoms with Gasteiger partial charge >= 0.3 is 6.03 Å². The highest BCUT2D eigenvalue weighted by molar-refractivity contribution is 7.90. The lowest BCUT2D eigenvalue weighted by Gasteiger charge is -2.27. The van der Waals surface area contributed by atoms with E-state index in [4.69, 9.17) is 4.74 Å². The zero-order chi connectivity index (χ0) is 20.4. The Morgan fingerprint density at radius 2 is 1.72 bits per heavy atom. The molecule has 8 heteroatoms. The predicted molar refractivity (Wildman–Crippen MR) is 113 cm³/mol. The highest BCUT2D eigenvalue weighted by Crippen LogP contribution is 2.38. The Balaban J connectivity index is 1.39. The zero-order valence-electron chi connectivity index (χ0n) is 17.1. The van der Waals surface area contributed by atoms with Gasteiger partial charge in [0.1, 0.15) is 0 Å². The van der Waals surface area contributed by atoms with Gasteiger partial charge < -0.3 is 10.1 Å². The molecule has 0 aromatic heterocycles. The van der Waals surface area contributed by atoms with Crippen LogP contribution in [0.25, 0.3) is 0 Å². The van der Waals surface area contributed by atoms with Crippen LogP contribution < -0.4 is 10.0 Å². The van der Waals surface area contributed by atoms with Crippen molar-refractivity contribution in [2.75, 3.05) is 38.2 Å². The van der Waals surface area contributed by atoms with Crippen molar-refractivity contribution in [2.45, 2.75) is 57.1 Å². The minimum atomic E-state index is -3.73. The molecule has 4 rings (SSSR count). The first-order chi connectivity index (χ1) is 13.9. The SMILES string of the molecule is CC(CCN1CCOCC1)S(=O)(=O)NC(=O)Nc1c2c(cc3c1CCC3)CCC2. The fourth-order valence-corrected chi connectivity index (χ4v) is 5.61. The van der Waals surface area contributed by atoms with Crippen molar-refractivity contribution in [3.8, 4) is 0 Å². The number of rotatable bonds is 6. The van der Waals surface area contributed by atoms with E-state index in [1.165, 1.54) is 22.3 Å². The number of hydrogen-bond acceptors (Lipinski definition) is 5. The van der Waals surface area contributed by atoms with Gasteiger partial charge in [-0.3, -0.25) is 4.90 Å². The van der Waals surface area contributed by atoms with E-state index in [0.717, 1.165) is 57.3 Å². The van der Waals surface area contributed by atoms with Gasteiger partial charge in [-0.05, 0) is 80.7 Å². The average molecular weight is 422 g/mol. The van der Waals surface area contributed by atoms with Crippen molar-refractivity contribution in [2.24, 2.45) is 0 Å². The Morgan fingerprint density at radius 3 is 2.34 bits per heavy atom. The van der Waals surface area contributed by atoms with Gasteiger partial charge in [0.05, 0.1) is 18.5 Å². The molecule has 0 spiro atoms. The molecule has 0 bridgehead atoms. The highest BCUT2D eigenvalue weighted by Gasteiger charge is 2.28. The monoisotopic (exact) mass is 421 g/mol. The van der Waals surface area contributed by atoms with Crippen molar-refractivity contribution in [3.05, 3.63) is 28.3 Å². The minimum Gasteiger partial charge on any atom is -0.379 e. The lowest BCUT2D eigenvalue weighted by molar-refractivity contribution is 0.0374. The number of benzene rings is 1. The summed E-state index contributed by atoms with van der Waals surface area (Å²) in [6, 6.07) is 1.65. The smallest absolute Gasteiger partial charge is 0.332 e. The first-order valence-corrected chi connectivity index (χ1v) is 12.3. The quantitative estimate of drug-likeness (QED) is 0.735. The third-order valence-electron chi connectivity index (χ3n) is 6.43. The molecule has 2 aliphatic carbocycles. The number of urea groups is 1. The third kappa shape index (κ3) is 4.59. The molecular formula is C21H31N3O4S. The van der Waals surface area contributed by atoms with E-state index in [-0.39, 0.29) is 0 Å². The van der Waals surface area contributed by atoms with E-state index in [2.05, 4.69) is 21.0 Å². The van der Waals surface area contributed by atoms with Crippen molar-refractivity contribution in [1.82, 2.24) is 9.62 Å². The second kappa shape index (κ2) is 8.62. The van der Waals surface area contributed by atoms with Crippen LogP contribution in [0.5, 0.6) is 0 Å². The van der Waals surface area contributed by atoms with Gasteiger partial charge in [0.2, 0.25) is 10.0 Å². The second-order valence-corrected chi connectivity index (χ2v) is 10.5. The molecule has 160 valence electrons. The summed E-state index contributed by atoms with van der Waals surface area (Å²) in [6.45, 7) is 5.37. The molecule has 1 fully saturated rings. The number of aryl methyl sites for hydroxylation is 2. The Morgan fingerprint density at radius 1 is 1.10 bits per heavy atom. The number of ether oxygens (including phenoxy) is 1. The number of carbonyl (C=O) groups excluding carboxylic acids is 1. The molecule has 1 unspecified atom stereocenters. The van der Waals surface area contributed by atoms with E-state index in [0.29, 0.717) is 26.2 Å². The summed E-state index contributed by atoms with van der Waals surface area (Å²) >= 11 is 0. The van der Waals surface area contributed by atoms with Crippen LogP contribution >= 0.6 is 0 Å². The van der Waals surface area contributed by atoms with Crippen molar-refractivity contribution < 1.29 is 17.9 Å². The summed E-state index contributed by atoms with van der Waals surface area (Å²) < 4.78 is 32.9. The number of fused-ring (bicyclic) bond motifs is 2. The van der Waals surface area contributed by atoms with Crippen molar-refractivity contribution in [1.29, 1.82) is 0 Å². The Hall–Kier alpha value is -1.64. The summed E-state index contributed by atoms with van der Waals surface area (Å²) in [5.41, 5.74) is 5.86. The lowest BCUT2D eigenvalue weighted by atomic mass is 9.99. The summed E-state index contributed by atoms with van der Waals surface area (Å²) in [5, 5.41) is 2.27. The van der Waals surface area contributed by atoms with Gasteiger partial charge in [-0.1, -0.05) is 6.07 Å². The van der Waals surface area contributed by atoms with Gasteiger partial charge in [-0.15, -0.1) is 0 Å². The third-order valence-corrected chi connectivity index (χ3v) is 8.20. The van der Waals surface area contributed by atoms with Gasteiger partial charge in [-0.25, -0.2) is 17.9 Å². The van der Waals surface area contributed by atoms with Gasteiger partial charge in [0.25, 0.3) is 0 Å². The Bertz CT molecular complexity index is 846. The van der Waals surface area contributed by atoms with Crippen molar-refractivity contribution in [3.63, 3.8) is 0 Å². The molecule has 2 N–H and O–H groups in total. The van der Waals surface area contributed by atoms with Crippen LogP contribution in [0.3, 0.4) is 0 Å². The maximum Gasteiger partial charge on any atom is 0.332 e. The van der Waals surface area contributed by atoms with Crippen LogP contribution in [0.1, 0.15) is 48.4 Å². The molecule has 1 saturated heterocycles. The van der Waals surface area contributed by atoms with E-state index in [1.54, 1.807) is 6.92 Å². The number of morpholine rings is 1. The number of nitrogens with zero attached hydrogens (tertiary/aromatic N) is 1. The minimum absolute atomic E-state index is 0.485. The van der Waals surface area contributed by atoms with E-state index < -0.39 is 21.3 Å². The van der Waals surface area contributed by atoms with E-state index >= 15 is 0 Å². The van der Waals surface area contributed by atoms with Gasteiger partial charge in [-0.2, -0.15) is 0 Å². The molecule has 0 radical (unpaired) electrons. The molecule has 1 heterocycles. The molecule has 1 aliphatic heterocycles. The predicted octanol–water partition coefficient (Wildman–Crippen LogP) is 2.23. The number of amides is 2. The highest BCUT2D eigenvalue weighted by atomic mass is 32.2. The van der Waals surface area contributed by atoms with Crippen LogP contribution in [-0.4, -0.2) is 57.4 Å². The van der Waals surface area contributed by atoms with Crippen LogP contribution in [-0.2, 0) is 40.4 Å². The van der Waals surface area contributed by atoms with Crippen LogP contribution in [0.4, 0.5) is 10.5 Å². The second-order valence-electron chi connectivity index (χ2n) is 8.39. The van der Waals surface area contributed by atoms with Crippen LogP contribution in [0.15, 0.2) is 6.07 Å². The number of carbonyl (C=O) groups is 1. The van der Waals surface area contributed by atoms with Gasteiger partial charge in [0, 0.05) is 18.8 Å². The van der Waals surface area contributed by atoms with E-state index in [1.807, 2.05) is 0 Å². The molecule has 2 amide bonds. The lowest BCUT2D eigenvalue weighted by Crippen LogP contribution is -2.42. The Labute approximate surface area is 173 Å². The maximum absolute atomic E-state index is 12.7. The molecule has 1 atom stereocenters. The number of hydrogen-bond donors (Lipinski definition) is 2.